The summed E-state index contributed by atoms with van der Waals surface area (Å²) in [7, 11) is 0. The molecule has 82 valence electrons. The van der Waals surface area contributed by atoms with Crippen molar-refractivity contribution in [3.8, 4) is 5.75 Å². The highest BCUT2D eigenvalue weighted by Gasteiger charge is 1.99. The van der Waals surface area contributed by atoms with E-state index < -0.39 is 0 Å². The molecule has 0 radical (unpaired) electrons. The van der Waals surface area contributed by atoms with Crippen LogP contribution in [0.2, 0.25) is 5.02 Å². The van der Waals surface area contributed by atoms with Crippen LogP contribution >= 0.6 is 11.6 Å². The van der Waals surface area contributed by atoms with Gasteiger partial charge in [-0.15, -0.1) is 0 Å². The molecule has 0 amide bonds. The summed E-state index contributed by atoms with van der Waals surface area (Å²) < 4.78 is 5.47. The van der Waals surface area contributed by atoms with Gasteiger partial charge in [0.1, 0.15) is 12.4 Å². The van der Waals surface area contributed by atoms with Crippen LogP contribution in [0.15, 0.2) is 23.2 Å². The van der Waals surface area contributed by atoms with E-state index in [-0.39, 0.29) is 5.96 Å². The molecule has 0 aliphatic heterocycles. The molecule has 0 heterocycles. The van der Waals surface area contributed by atoms with Crippen LogP contribution in [0.1, 0.15) is 5.56 Å². The fourth-order valence-electron chi connectivity index (χ4n) is 1.11. The Kier molecular flexibility index (Phi) is 4.24. The summed E-state index contributed by atoms with van der Waals surface area (Å²) in [6.45, 7) is 2.83. The molecular weight excluding hydrogens is 214 g/mol. The number of guanidine groups is 1. The van der Waals surface area contributed by atoms with Crippen LogP contribution in [0.5, 0.6) is 5.75 Å². The van der Waals surface area contributed by atoms with Crippen LogP contribution in [-0.4, -0.2) is 19.1 Å². The van der Waals surface area contributed by atoms with Crippen LogP contribution < -0.4 is 16.2 Å². The molecule has 1 aromatic carbocycles. The summed E-state index contributed by atoms with van der Waals surface area (Å²) in [6, 6.07) is 5.45. The summed E-state index contributed by atoms with van der Waals surface area (Å²) in [5.74, 6) is 0.872. The van der Waals surface area contributed by atoms with Crippen LogP contribution in [0.25, 0.3) is 0 Å². The maximum atomic E-state index is 5.81. The van der Waals surface area contributed by atoms with Crippen molar-refractivity contribution in [2.45, 2.75) is 6.92 Å². The summed E-state index contributed by atoms with van der Waals surface area (Å²) >= 11 is 5.81. The zero-order chi connectivity index (χ0) is 11.3. The molecule has 0 fully saturated rings. The van der Waals surface area contributed by atoms with Crippen molar-refractivity contribution in [1.82, 2.24) is 0 Å². The van der Waals surface area contributed by atoms with E-state index in [1.165, 1.54) is 0 Å². The molecule has 0 atom stereocenters. The third-order valence-corrected chi connectivity index (χ3v) is 2.02. The molecule has 0 unspecified atom stereocenters. The van der Waals surface area contributed by atoms with E-state index >= 15 is 0 Å². The summed E-state index contributed by atoms with van der Waals surface area (Å²) in [5, 5.41) is 0.698. The van der Waals surface area contributed by atoms with Gasteiger partial charge in [-0.05, 0) is 30.7 Å². The van der Waals surface area contributed by atoms with E-state index in [0.717, 1.165) is 11.3 Å². The molecule has 5 heteroatoms. The Bertz CT molecular complexity index is 362. The van der Waals surface area contributed by atoms with E-state index in [0.29, 0.717) is 18.2 Å². The number of aryl methyl sites for hydroxylation is 1. The topological polar surface area (TPSA) is 73.6 Å². The molecule has 0 saturated heterocycles. The van der Waals surface area contributed by atoms with Gasteiger partial charge in [0, 0.05) is 5.02 Å². The highest BCUT2D eigenvalue weighted by molar-refractivity contribution is 6.30. The molecule has 1 rings (SSSR count). The Morgan fingerprint density at radius 3 is 2.80 bits per heavy atom. The van der Waals surface area contributed by atoms with E-state index in [1.807, 2.05) is 19.1 Å². The summed E-state index contributed by atoms with van der Waals surface area (Å²) in [4.78, 5) is 3.81. The highest BCUT2D eigenvalue weighted by Crippen LogP contribution is 2.21. The predicted octanol–water partition coefficient (Wildman–Crippen LogP) is 1.30. The Balaban J connectivity index is 2.47. The quantitative estimate of drug-likeness (QED) is 0.463. The number of benzene rings is 1. The van der Waals surface area contributed by atoms with Crippen LogP contribution in [0.4, 0.5) is 0 Å². The lowest BCUT2D eigenvalue weighted by atomic mass is 10.2. The Hall–Kier alpha value is -1.42. The number of hydrogen-bond donors (Lipinski definition) is 2. The lowest BCUT2D eigenvalue weighted by Gasteiger charge is -2.07. The number of ether oxygens (including phenoxy) is 1. The SMILES string of the molecule is Cc1cc(Cl)ccc1OCCN=C(N)N. The zero-order valence-corrected chi connectivity index (χ0v) is 9.29. The zero-order valence-electron chi connectivity index (χ0n) is 8.53. The van der Waals surface area contributed by atoms with Crippen molar-refractivity contribution in [3.63, 3.8) is 0 Å². The van der Waals surface area contributed by atoms with Gasteiger partial charge in [-0.2, -0.15) is 0 Å². The maximum Gasteiger partial charge on any atom is 0.186 e. The summed E-state index contributed by atoms with van der Waals surface area (Å²) in [5.41, 5.74) is 11.3. The Morgan fingerprint density at radius 1 is 1.47 bits per heavy atom. The van der Waals surface area contributed by atoms with E-state index in [1.54, 1.807) is 6.07 Å². The first-order valence-corrected chi connectivity index (χ1v) is 4.91. The number of hydrogen-bond acceptors (Lipinski definition) is 2. The van der Waals surface area contributed by atoms with Crippen molar-refractivity contribution in [3.05, 3.63) is 28.8 Å². The Morgan fingerprint density at radius 2 is 2.20 bits per heavy atom. The van der Waals surface area contributed by atoms with Crippen molar-refractivity contribution in [2.24, 2.45) is 16.5 Å². The summed E-state index contributed by atoms with van der Waals surface area (Å²) in [6.07, 6.45) is 0. The van der Waals surface area contributed by atoms with Crippen LogP contribution in [0.3, 0.4) is 0 Å². The van der Waals surface area contributed by atoms with Gasteiger partial charge in [-0.3, -0.25) is 4.99 Å². The fraction of sp³-hybridized carbons (Fsp3) is 0.300. The molecule has 0 aliphatic rings. The number of nitrogens with two attached hydrogens (primary N) is 2. The van der Waals surface area contributed by atoms with Crippen molar-refractivity contribution in [2.75, 3.05) is 13.2 Å². The largest absolute Gasteiger partial charge is 0.491 e. The molecule has 0 saturated carbocycles. The lowest BCUT2D eigenvalue weighted by molar-refractivity contribution is 0.326. The molecule has 4 nitrogen and oxygen atoms in total. The predicted molar refractivity (Wildman–Crippen MR) is 62.4 cm³/mol. The van der Waals surface area contributed by atoms with Gasteiger partial charge in [0.15, 0.2) is 5.96 Å². The first-order valence-electron chi connectivity index (χ1n) is 4.54. The van der Waals surface area contributed by atoms with Crippen LogP contribution in [0, 0.1) is 6.92 Å². The van der Waals surface area contributed by atoms with Crippen molar-refractivity contribution >= 4 is 17.6 Å². The van der Waals surface area contributed by atoms with Crippen LogP contribution in [-0.2, 0) is 0 Å². The minimum Gasteiger partial charge on any atom is -0.491 e. The third-order valence-electron chi connectivity index (χ3n) is 1.78. The lowest BCUT2D eigenvalue weighted by Crippen LogP contribution is -2.23. The molecule has 0 bridgehead atoms. The minimum atomic E-state index is 0.0754. The van der Waals surface area contributed by atoms with E-state index in [4.69, 9.17) is 27.8 Å². The van der Waals surface area contributed by atoms with Gasteiger partial charge in [0.2, 0.25) is 0 Å². The second-order valence-corrected chi connectivity index (χ2v) is 3.50. The van der Waals surface area contributed by atoms with Gasteiger partial charge >= 0.3 is 0 Å². The minimum absolute atomic E-state index is 0.0754. The molecule has 0 spiro atoms. The fourth-order valence-corrected chi connectivity index (χ4v) is 1.33. The van der Waals surface area contributed by atoms with Gasteiger partial charge in [0.05, 0.1) is 6.54 Å². The maximum absolute atomic E-state index is 5.81. The third kappa shape index (κ3) is 4.08. The molecule has 4 N–H and O–H groups in total. The average Bonchev–Trinajstić information content (AvgIpc) is 2.14. The Labute approximate surface area is 93.9 Å². The first-order chi connectivity index (χ1) is 7.09. The number of rotatable bonds is 4. The van der Waals surface area contributed by atoms with Gasteiger partial charge in [-0.1, -0.05) is 11.6 Å². The standard InChI is InChI=1S/C10H14ClN3O/c1-7-6-8(11)2-3-9(7)15-5-4-14-10(12)13/h2-3,6H,4-5H2,1H3,(H4,12,13,14). The molecule has 0 aliphatic carbocycles. The normalized spacial score (nSPS) is 9.73. The van der Waals surface area contributed by atoms with Crippen molar-refractivity contribution < 1.29 is 4.74 Å². The molecular formula is C10H14ClN3O. The highest BCUT2D eigenvalue weighted by atomic mass is 35.5. The van der Waals surface area contributed by atoms with Gasteiger partial charge in [-0.25, -0.2) is 0 Å². The van der Waals surface area contributed by atoms with Gasteiger partial charge < -0.3 is 16.2 Å². The number of halogens is 1. The number of nitrogens with zero attached hydrogens (tertiary/aromatic N) is 1. The molecule has 15 heavy (non-hydrogen) atoms. The second kappa shape index (κ2) is 5.46. The van der Waals surface area contributed by atoms with E-state index in [9.17, 15) is 0 Å². The monoisotopic (exact) mass is 227 g/mol. The second-order valence-electron chi connectivity index (χ2n) is 3.06. The van der Waals surface area contributed by atoms with Gasteiger partial charge in [0.25, 0.3) is 0 Å². The average molecular weight is 228 g/mol. The van der Waals surface area contributed by atoms with E-state index in [2.05, 4.69) is 4.99 Å². The van der Waals surface area contributed by atoms with Crippen molar-refractivity contribution in [1.29, 1.82) is 0 Å². The number of aliphatic imine (C=N–C) groups is 1. The first kappa shape index (κ1) is 11.7. The molecule has 0 aromatic heterocycles. The smallest absolute Gasteiger partial charge is 0.186 e. The molecule has 1 aromatic rings.